The molecule has 3 aromatic rings. The predicted octanol–water partition coefficient (Wildman–Crippen LogP) is 2.98. The van der Waals surface area contributed by atoms with Gasteiger partial charge in [-0.05, 0) is 46.8 Å². The molecule has 2 aromatic heterocycles. The number of pyridine rings is 1. The predicted molar refractivity (Wildman–Crippen MR) is 117 cm³/mol. The van der Waals surface area contributed by atoms with Crippen LogP contribution in [0.1, 0.15) is 40.4 Å². The largest absolute Gasteiger partial charge is 0.508 e. The number of imidazole rings is 1. The molecule has 0 spiro atoms. The number of ether oxygens (including phenoxy) is 1. The SMILES string of the molecule is CCOCc1nc2c(N)nc3cc(O)ccc3c2n1CC(C)(C)N(C(N)=O)C(C)C. The first-order valence-corrected chi connectivity index (χ1v) is 10.0. The van der Waals surface area contributed by atoms with E-state index in [0.717, 1.165) is 10.9 Å². The van der Waals surface area contributed by atoms with Gasteiger partial charge in [-0.3, -0.25) is 0 Å². The normalized spacial score (nSPS) is 12.2. The molecule has 0 bridgehead atoms. The van der Waals surface area contributed by atoms with Crippen LogP contribution >= 0.6 is 0 Å². The summed E-state index contributed by atoms with van der Waals surface area (Å²) in [5.74, 6) is 1.06. The van der Waals surface area contributed by atoms with Crippen LogP contribution in [0.5, 0.6) is 5.75 Å². The third-order valence-electron chi connectivity index (χ3n) is 5.15. The van der Waals surface area contributed by atoms with Crippen LogP contribution in [0.3, 0.4) is 0 Å². The maximum atomic E-state index is 12.2. The summed E-state index contributed by atoms with van der Waals surface area (Å²) in [4.78, 5) is 22.9. The Labute approximate surface area is 175 Å². The number of nitrogens with zero attached hydrogens (tertiary/aromatic N) is 4. The van der Waals surface area contributed by atoms with Gasteiger partial charge >= 0.3 is 6.03 Å². The molecule has 30 heavy (non-hydrogen) atoms. The van der Waals surface area contributed by atoms with Crippen molar-refractivity contribution in [2.45, 2.75) is 59.4 Å². The van der Waals surface area contributed by atoms with Gasteiger partial charge in [0.2, 0.25) is 0 Å². The Bertz CT molecular complexity index is 1090. The van der Waals surface area contributed by atoms with E-state index in [2.05, 4.69) is 4.98 Å². The number of carbonyl (C=O) groups excluding carboxylic acids is 1. The minimum atomic E-state index is -0.615. The van der Waals surface area contributed by atoms with E-state index in [1.54, 1.807) is 23.1 Å². The Morgan fingerprint density at radius 2 is 2.03 bits per heavy atom. The molecule has 0 unspecified atom stereocenters. The Morgan fingerprint density at radius 1 is 1.33 bits per heavy atom. The zero-order valence-electron chi connectivity index (χ0n) is 18.1. The lowest BCUT2D eigenvalue weighted by Crippen LogP contribution is -2.55. The number of rotatable bonds is 7. The summed E-state index contributed by atoms with van der Waals surface area (Å²) in [6, 6.07) is 4.40. The second kappa shape index (κ2) is 7.98. The summed E-state index contributed by atoms with van der Waals surface area (Å²) >= 11 is 0. The van der Waals surface area contributed by atoms with Gasteiger partial charge in [-0.1, -0.05) is 0 Å². The molecule has 0 radical (unpaired) electrons. The van der Waals surface area contributed by atoms with E-state index in [-0.39, 0.29) is 17.6 Å². The average molecular weight is 415 g/mol. The number of phenolic OH excluding ortho intramolecular Hbond substituents is 1. The number of amides is 2. The van der Waals surface area contributed by atoms with E-state index < -0.39 is 11.6 Å². The van der Waals surface area contributed by atoms with E-state index >= 15 is 0 Å². The molecule has 3 rings (SSSR count). The first-order chi connectivity index (χ1) is 14.1. The molecule has 0 aliphatic heterocycles. The van der Waals surface area contributed by atoms with Gasteiger partial charge in [0.1, 0.15) is 23.7 Å². The maximum Gasteiger partial charge on any atom is 0.315 e. The summed E-state index contributed by atoms with van der Waals surface area (Å²) in [5, 5.41) is 10.7. The summed E-state index contributed by atoms with van der Waals surface area (Å²) in [6.07, 6.45) is 0. The van der Waals surface area contributed by atoms with Gasteiger partial charge in [0.05, 0.1) is 16.6 Å². The molecule has 0 aliphatic carbocycles. The molecule has 9 heteroatoms. The summed E-state index contributed by atoms with van der Waals surface area (Å²) < 4.78 is 7.66. The molecular formula is C21H30N6O3. The molecule has 0 saturated heterocycles. The highest BCUT2D eigenvalue weighted by Gasteiger charge is 2.34. The Balaban J connectivity index is 2.27. The Hall–Kier alpha value is -3.07. The highest BCUT2D eigenvalue weighted by Crippen LogP contribution is 2.33. The highest BCUT2D eigenvalue weighted by atomic mass is 16.5. The molecule has 9 nitrogen and oxygen atoms in total. The smallest absolute Gasteiger partial charge is 0.315 e. The monoisotopic (exact) mass is 414 g/mol. The zero-order valence-corrected chi connectivity index (χ0v) is 18.1. The van der Waals surface area contributed by atoms with Gasteiger partial charge in [0.15, 0.2) is 5.82 Å². The quantitative estimate of drug-likeness (QED) is 0.544. The number of benzene rings is 1. The summed E-state index contributed by atoms with van der Waals surface area (Å²) in [6.45, 7) is 11.0. The van der Waals surface area contributed by atoms with Crippen molar-refractivity contribution in [1.82, 2.24) is 19.4 Å². The number of aromatic nitrogens is 3. The number of hydrogen-bond acceptors (Lipinski definition) is 6. The third kappa shape index (κ3) is 3.85. The number of urea groups is 1. The van der Waals surface area contributed by atoms with E-state index in [4.69, 9.17) is 21.2 Å². The molecule has 0 aliphatic rings. The number of hydrogen-bond donors (Lipinski definition) is 3. The number of primary amides is 1. The van der Waals surface area contributed by atoms with Crippen molar-refractivity contribution in [2.24, 2.45) is 5.73 Å². The maximum absolute atomic E-state index is 12.2. The van der Waals surface area contributed by atoms with Crippen molar-refractivity contribution >= 4 is 33.8 Å². The van der Waals surface area contributed by atoms with Gasteiger partial charge in [0.25, 0.3) is 0 Å². The Kier molecular flexibility index (Phi) is 5.76. The summed E-state index contributed by atoms with van der Waals surface area (Å²) in [5.41, 5.74) is 13.2. The fourth-order valence-electron chi connectivity index (χ4n) is 4.14. The number of phenols is 1. The Morgan fingerprint density at radius 3 is 2.63 bits per heavy atom. The van der Waals surface area contributed by atoms with Crippen LogP contribution in [0.25, 0.3) is 21.9 Å². The average Bonchev–Trinajstić information content (AvgIpc) is 2.97. The first-order valence-electron chi connectivity index (χ1n) is 10.0. The van der Waals surface area contributed by atoms with Crippen LogP contribution in [0.2, 0.25) is 0 Å². The highest BCUT2D eigenvalue weighted by molar-refractivity contribution is 6.06. The van der Waals surface area contributed by atoms with E-state index in [1.807, 2.05) is 39.2 Å². The van der Waals surface area contributed by atoms with Crippen molar-refractivity contribution in [3.05, 3.63) is 24.0 Å². The van der Waals surface area contributed by atoms with Crippen LogP contribution in [0.4, 0.5) is 10.6 Å². The number of fused-ring (bicyclic) bond motifs is 3. The third-order valence-corrected chi connectivity index (χ3v) is 5.15. The minimum absolute atomic E-state index is 0.0805. The lowest BCUT2D eigenvalue weighted by Gasteiger charge is -2.41. The number of nitrogens with two attached hydrogens (primary N) is 2. The van der Waals surface area contributed by atoms with Crippen LogP contribution in [-0.4, -0.2) is 48.8 Å². The van der Waals surface area contributed by atoms with Crippen molar-refractivity contribution < 1.29 is 14.6 Å². The van der Waals surface area contributed by atoms with E-state index in [1.165, 1.54) is 0 Å². The number of nitrogen functional groups attached to an aromatic ring is 1. The van der Waals surface area contributed by atoms with Crippen LogP contribution in [0.15, 0.2) is 18.2 Å². The fourth-order valence-corrected chi connectivity index (χ4v) is 4.14. The standard InChI is InChI=1S/C21H30N6O3/c1-6-30-10-16-25-17-18(14-8-7-13(28)9-15(14)24-19(17)22)26(16)11-21(4,5)27(12(2)3)20(23)29/h7-9,12,28H,6,10-11H2,1-5H3,(H2,22,24)(H2,23,29). The molecule has 5 N–H and O–H groups in total. The minimum Gasteiger partial charge on any atom is -0.508 e. The lowest BCUT2D eigenvalue weighted by atomic mass is 10.0. The molecule has 0 saturated carbocycles. The van der Waals surface area contributed by atoms with Gasteiger partial charge < -0.3 is 30.8 Å². The van der Waals surface area contributed by atoms with Gasteiger partial charge in [-0.15, -0.1) is 0 Å². The van der Waals surface area contributed by atoms with Gasteiger partial charge in [-0.25, -0.2) is 14.8 Å². The molecular weight excluding hydrogens is 384 g/mol. The molecule has 0 atom stereocenters. The van der Waals surface area contributed by atoms with Gasteiger partial charge in [-0.2, -0.15) is 0 Å². The fraction of sp³-hybridized carbons (Fsp3) is 0.476. The van der Waals surface area contributed by atoms with E-state index in [0.29, 0.717) is 36.6 Å². The number of anilines is 1. The first kappa shape index (κ1) is 21.6. The van der Waals surface area contributed by atoms with Crippen molar-refractivity contribution in [3.63, 3.8) is 0 Å². The van der Waals surface area contributed by atoms with Crippen molar-refractivity contribution in [3.8, 4) is 5.75 Å². The number of carbonyl (C=O) groups is 1. The van der Waals surface area contributed by atoms with Crippen LogP contribution in [0, 0.1) is 0 Å². The second-order valence-corrected chi connectivity index (χ2v) is 8.26. The zero-order chi connectivity index (χ0) is 22.2. The topological polar surface area (TPSA) is 133 Å². The van der Waals surface area contributed by atoms with Crippen LogP contribution < -0.4 is 11.5 Å². The summed E-state index contributed by atoms with van der Waals surface area (Å²) in [7, 11) is 0. The van der Waals surface area contributed by atoms with Crippen molar-refractivity contribution in [2.75, 3.05) is 12.3 Å². The van der Waals surface area contributed by atoms with E-state index in [9.17, 15) is 9.90 Å². The molecule has 0 fully saturated rings. The van der Waals surface area contributed by atoms with Crippen LogP contribution in [-0.2, 0) is 17.9 Å². The molecule has 2 heterocycles. The molecule has 162 valence electrons. The number of aromatic hydroxyl groups is 1. The second-order valence-electron chi connectivity index (χ2n) is 8.26. The van der Waals surface area contributed by atoms with Gasteiger partial charge in [0, 0.05) is 30.6 Å². The lowest BCUT2D eigenvalue weighted by molar-refractivity contribution is 0.0975. The van der Waals surface area contributed by atoms with Crippen molar-refractivity contribution in [1.29, 1.82) is 0 Å². The molecule has 1 aromatic carbocycles. The molecule has 2 amide bonds.